The molecular weight excluding hydrogens is 262 g/mol. The molecule has 2 aromatic rings. The maximum atomic E-state index is 5.98. The van der Waals surface area contributed by atoms with Gasteiger partial charge >= 0.3 is 0 Å². The molecule has 0 radical (unpaired) electrons. The van der Waals surface area contributed by atoms with E-state index in [1.54, 1.807) is 7.11 Å². The third-order valence-corrected chi connectivity index (χ3v) is 2.99. The van der Waals surface area contributed by atoms with Gasteiger partial charge in [-0.05, 0) is 29.8 Å². The molecule has 0 aliphatic rings. The van der Waals surface area contributed by atoms with E-state index in [-0.39, 0.29) is 6.10 Å². The predicted octanol–water partition coefficient (Wildman–Crippen LogP) is 3.43. The predicted molar refractivity (Wildman–Crippen MR) is 76.9 cm³/mol. The van der Waals surface area contributed by atoms with Crippen LogP contribution in [0.25, 0.3) is 0 Å². The largest absolute Gasteiger partial charge is 0.497 e. The fourth-order valence-corrected chi connectivity index (χ4v) is 2.00. The number of ether oxygens (including phenoxy) is 2. The summed E-state index contributed by atoms with van der Waals surface area (Å²) in [5.74, 6) is 1.47. The SMILES string of the molecule is COc1cccc(OC(CN)c2cccc(Cl)c2)c1. The van der Waals surface area contributed by atoms with Crippen LogP contribution < -0.4 is 15.2 Å². The summed E-state index contributed by atoms with van der Waals surface area (Å²) in [5, 5.41) is 0.671. The van der Waals surface area contributed by atoms with Crippen LogP contribution in [-0.4, -0.2) is 13.7 Å². The summed E-state index contributed by atoms with van der Waals surface area (Å²) in [4.78, 5) is 0. The van der Waals surface area contributed by atoms with Crippen LogP contribution in [0.5, 0.6) is 11.5 Å². The molecule has 2 rings (SSSR count). The Balaban J connectivity index is 2.18. The Hall–Kier alpha value is -1.71. The number of methoxy groups -OCH3 is 1. The molecule has 2 aromatic carbocycles. The van der Waals surface area contributed by atoms with Gasteiger partial charge in [0.25, 0.3) is 0 Å². The van der Waals surface area contributed by atoms with E-state index in [4.69, 9.17) is 26.8 Å². The van der Waals surface area contributed by atoms with Gasteiger partial charge < -0.3 is 15.2 Å². The first kappa shape index (κ1) is 13.7. The molecule has 2 N–H and O–H groups in total. The Morgan fingerprint density at radius 1 is 1.11 bits per heavy atom. The highest BCUT2D eigenvalue weighted by molar-refractivity contribution is 6.30. The summed E-state index contributed by atoms with van der Waals surface area (Å²) in [5.41, 5.74) is 6.73. The minimum atomic E-state index is -0.231. The van der Waals surface area contributed by atoms with Crippen molar-refractivity contribution in [2.75, 3.05) is 13.7 Å². The lowest BCUT2D eigenvalue weighted by atomic mass is 10.1. The molecule has 19 heavy (non-hydrogen) atoms. The molecule has 1 unspecified atom stereocenters. The van der Waals surface area contributed by atoms with Crippen LogP contribution in [0.4, 0.5) is 0 Å². The average molecular weight is 278 g/mol. The highest BCUT2D eigenvalue weighted by atomic mass is 35.5. The summed E-state index contributed by atoms with van der Waals surface area (Å²) in [7, 11) is 1.62. The number of hydrogen-bond donors (Lipinski definition) is 1. The minimum Gasteiger partial charge on any atom is -0.497 e. The van der Waals surface area contributed by atoms with Gasteiger partial charge in [-0.1, -0.05) is 29.8 Å². The van der Waals surface area contributed by atoms with Crippen molar-refractivity contribution in [1.29, 1.82) is 0 Å². The molecule has 0 spiro atoms. The zero-order valence-electron chi connectivity index (χ0n) is 10.7. The van der Waals surface area contributed by atoms with Crippen LogP contribution in [0.1, 0.15) is 11.7 Å². The van der Waals surface area contributed by atoms with E-state index in [1.807, 2.05) is 48.5 Å². The van der Waals surface area contributed by atoms with Gasteiger partial charge in [0.15, 0.2) is 0 Å². The molecule has 0 aliphatic carbocycles. The molecular formula is C15H16ClNO2. The van der Waals surface area contributed by atoms with Gasteiger partial charge in [0.1, 0.15) is 17.6 Å². The van der Waals surface area contributed by atoms with Crippen LogP contribution >= 0.6 is 11.6 Å². The molecule has 0 saturated heterocycles. The highest BCUT2D eigenvalue weighted by Crippen LogP contribution is 2.26. The number of rotatable bonds is 5. The van der Waals surface area contributed by atoms with E-state index in [9.17, 15) is 0 Å². The van der Waals surface area contributed by atoms with Crippen LogP contribution in [0.15, 0.2) is 48.5 Å². The number of hydrogen-bond acceptors (Lipinski definition) is 3. The summed E-state index contributed by atoms with van der Waals surface area (Å²) >= 11 is 5.98. The molecule has 3 nitrogen and oxygen atoms in total. The third kappa shape index (κ3) is 3.63. The van der Waals surface area contributed by atoms with Crippen LogP contribution in [-0.2, 0) is 0 Å². The van der Waals surface area contributed by atoms with Gasteiger partial charge in [0.2, 0.25) is 0 Å². The van der Waals surface area contributed by atoms with Crippen molar-refractivity contribution >= 4 is 11.6 Å². The second-order valence-electron chi connectivity index (χ2n) is 4.08. The molecule has 0 aliphatic heterocycles. The molecule has 0 amide bonds. The van der Waals surface area contributed by atoms with Gasteiger partial charge in [-0.3, -0.25) is 0 Å². The fourth-order valence-electron chi connectivity index (χ4n) is 1.80. The zero-order chi connectivity index (χ0) is 13.7. The minimum absolute atomic E-state index is 0.231. The summed E-state index contributed by atoms with van der Waals surface area (Å²) in [6, 6.07) is 15.0. The Morgan fingerprint density at radius 3 is 2.53 bits per heavy atom. The second kappa shape index (κ2) is 6.45. The average Bonchev–Trinajstić information content (AvgIpc) is 2.45. The Bertz CT molecular complexity index is 545. The standard InChI is InChI=1S/C15H16ClNO2/c1-18-13-6-3-7-14(9-13)19-15(10-17)11-4-2-5-12(16)8-11/h2-9,15H,10,17H2,1H3. The van der Waals surface area contributed by atoms with Gasteiger partial charge in [-0.15, -0.1) is 0 Å². The third-order valence-electron chi connectivity index (χ3n) is 2.75. The van der Waals surface area contributed by atoms with Crippen molar-refractivity contribution < 1.29 is 9.47 Å². The van der Waals surface area contributed by atoms with E-state index in [2.05, 4.69) is 0 Å². The molecule has 0 saturated carbocycles. The number of nitrogens with two attached hydrogens (primary N) is 1. The Kier molecular flexibility index (Phi) is 4.66. The molecule has 0 aromatic heterocycles. The summed E-state index contributed by atoms with van der Waals surface area (Å²) in [6.07, 6.45) is -0.231. The van der Waals surface area contributed by atoms with Crippen molar-refractivity contribution in [3.05, 3.63) is 59.1 Å². The molecule has 100 valence electrons. The maximum Gasteiger partial charge on any atom is 0.136 e. The molecule has 0 fully saturated rings. The fraction of sp³-hybridized carbons (Fsp3) is 0.200. The first-order valence-electron chi connectivity index (χ1n) is 5.99. The van der Waals surface area contributed by atoms with E-state index >= 15 is 0 Å². The van der Waals surface area contributed by atoms with Gasteiger partial charge in [-0.25, -0.2) is 0 Å². The van der Waals surface area contributed by atoms with Crippen molar-refractivity contribution in [1.82, 2.24) is 0 Å². The van der Waals surface area contributed by atoms with Crippen LogP contribution in [0, 0.1) is 0 Å². The second-order valence-corrected chi connectivity index (χ2v) is 4.51. The highest BCUT2D eigenvalue weighted by Gasteiger charge is 2.12. The van der Waals surface area contributed by atoms with E-state index in [0.29, 0.717) is 11.6 Å². The summed E-state index contributed by atoms with van der Waals surface area (Å²) in [6.45, 7) is 0.373. The van der Waals surface area contributed by atoms with E-state index in [0.717, 1.165) is 17.1 Å². The monoisotopic (exact) mass is 277 g/mol. The molecule has 0 heterocycles. The quantitative estimate of drug-likeness (QED) is 0.911. The van der Waals surface area contributed by atoms with E-state index < -0.39 is 0 Å². The number of benzene rings is 2. The van der Waals surface area contributed by atoms with Gasteiger partial charge in [-0.2, -0.15) is 0 Å². The van der Waals surface area contributed by atoms with Crippen LogP contribution in [0.2, 0.25) is 5.02 Å². The Morgan fingerprint density at radius 2 is 1.84 bits per heavy atom. The zero-order valence-corrected chi connectivity index (χ0v) is 11.4. The van der Waals surface area contributed by atoms with Gasteiger partial charge in [0.05, 0.1) is 7.11 Å². The van der Waals surface area contributed by atoms with Gasteiger partial charge in [0, 0.05) is 17.6 Å². The smallest absolute Gasteiger partial charge is 0.136 e. The molecule has 4 heteroatoms. The lowest BCUT2D eigenvalue weighted by Crippen LogP contribution is -2.18. The van der Waals surface area contributed by atoms with Crippen molar-refractivity contribution in [2.45, 2.75) is 6.10 Å². The first-order chi connectivity index (χ1) is 9.22. The number of halogens is 1. The van der Waals surface area contributed by atoms with Crippen molar-refractivity contribution in [2.24, 2.45) is 5.73 Å². The van der Waals surface area contributed by atoms with Crippen molar-refractivity contribution in [3.63, 3.8) is 0 Å². The topological polar surface area (TPSA) is 44.5 Å². The first-order valence-corrected chi connectivity index (χ1v) is 6.37. The molecule has 1 atom stereocenters. The Labute approximate surface area is 117 Å². The van der Waals surface area contributed by atoms with Crippen molar-refractivity contribution in [3.8, 4) is 11.5 Å². The maximum absolute atomic E-state index is 5.98. The van der Waals surface area contributed by atoms with Crippen LogP contribution in [0.3, 0.4) is 0 Å². The van der Waals surface area contributed by atoms with E-state index in [1.165, 1.54) is 0 Å². The lowest BCUT2D eigenvalue weighted by Gasteiger charge is -2.18. The summed E-state index contributed by atoms with van der Waals surface area (Å²) < 4.78 is 11.0. The molecule has 0 bridgehead atoms. The lowest BCUT2D eigenvalue weighted by molar-refractivity contribution is 0.213. The normalized spacial score (nSPS) is 11.9.